The number of rotatable bonds is 3. The molecule has 2 aliphatic rings. The number of carboxylic acids is 1. The molecule has 5 heteroatoms. The van der Waals surface area contributed by atoms with Crippen molar-refractivity contribution in [2.24, 2.45) is 11.8 Å². The molecule has 0 spiro atoms. The molecule has 2 aliphatic heterocycles. The summed E-state index contributed by atoms with van der Waals surface area (Å²) in [7, 11) is 0. The zero-order valence-corrected chi connectivity index (χ0v) is 10.2. The smallest absolute Gasteiger partial charge is 0.336 e. The molecule has 0 aromatic rings. The van der Waals surface area contributed by atoms with Gasteiger partial charge in [0.05, 0.1) is 24.1 Å². The number of aliphatic hydroxyl groups excluding tert-OH is 1. The van der Waals surface area contributed by atoms with Crippen LogP contribution in [0.3, 0.4) is 0 Å². The molecule has 1 saturated heterocycles. The van der Waals surface area contributed by atoms with Crippen molar-refractivity contribution < 1.29 is 19.8 Å². The van der Waals surface area contributed by atoms with Gasteiger partial charge in [-0.05, 0) is 18.6 Å². The van der Waals surface area contributed by atoms with E-state index in [2.05, 4.69) is 5.73 Å². The summed E-state index contributed by atoms with van der Waals surface area (Å²) < 4.78 is 0. The van der Waals surface area contributed by atoms with E-state index in [9.17, 15) is 14.7 Å². The summed E-state index contributed by atoms with van der Waals surface area (Å²) in [4.78, 5) is 23.7. The number of fused-ring (bicyclic) bond motifs is 1. The summed E-state index contributed by atoms with van der Waals surface area (Å²) in [6.07, 6.45) is 3.55. The maximum atomic E-state index is 11.7. The lowest BCUT2D eigenvalue weighted by molar-refractivity contribution is -0.158. The van der Waals surface area contributed by atoms with Gasteiger partial charge in [0.2, 0.25) is 5.91 Å². The largest absolute Gasteiger partial charge is 0.478 e. The number of hydrogen-bond acceptors (Lipinski definition) is 3. The third kappa shape index (κ3) is 1.88. The van der Waals surface area contributed by atoms with Gasteiger partial charge in [0, 0.05) is 12.1 Å². The molecule has 2 rings (SSSR count). The number of aliphatic hydroxyl groups is 1. The summed E-state index contributed by atoms with van der Waals surface area (Å²) in [6, 6.07) is -0.0182. The zero-order chi connectivity index (χ0) is 13.4. The normalized spacial score (nSPS) is 30.8. The molecule has 0 aliphatic carbocycles. The Kier molecular flexibility index (Phi) is 3.11. The lowest BCUT2D eigenvalue weighted by atomic mass is 9.78. The van der Waals surface area contributed by atoms with Gasteiger partial charge in [-0.2, -0.15) is 0 Å². The van der Waals surface area contributed by atoms with Crippen LogP contribution in [0.5, 0.6) is 0 Å². The van der Waals surface area contributed by atoms with Crippen LogP contribution in [-0.4, -0.2) is 39.1 Å². The minimum Gasteiger partial charge on any atom is -0.478 e. The summed E-state index contributed by atoms with van der Waals surface area (Å²) >= 11 is 0. The van der Waals surface area contributed by atoms with Gasteiger partial charge >= 0.3 is 5.97 Å². The molecule has 2 heterocycles. The molecule has 1 fully saturated rings. The first-order valence-electron chi connectivity index (χ1n) is 5.81. The van der Waals surface area contributed by atoms with E-state index in [0.717, 1.165) is 11.6 Å². The third-order valence-electron chi connectivity index (χ3n) is 3.53. The van der Waals surface area contributed by atoms with Crippen LogP contribution in [0.25, 0.3) is 0 Å². The predicted octanol–water partition coefficient (Wildman–Crippen LogP) is 0.524. The van der Waals surface area contributed by atoms with Gasteiger partial charge in [0.25, 0.3) is 0 Å². The summed E-state index contributed by atoms with van der Waals surface area (Å²) in [5.74, 6) is -1.41. The molecule has 18 heavy (non-hydrogen) atoms. The van der Waals surface area contributed by atoms with Crippen molar-refractivity contribution in [3.05, 3.63) is 29.7 Å². The number of aliphatic carboxylic acids is 1. The summed E-state index contributed by atoms with van der Waals surface area (Å²) in [5.41, 5.74) is 3.42. The SMILES string of the molecule is CC(O)C1C(=O)N2C=C(C=C=CC(=O)O)C(C)C12. The van der Waals surface area contributed by atoms with Crippen molar-refractivity contribution in [3.8, 4) is 0 Å². The van der Waals surface area contributed by atoms with E-state index in [0.29, 0.717) is 0 Å². The van der Waals surface area contributed by atoms with Crippen molar-refractivity contribution in [1.82, 2.24) is 4.90 Å². The second-order valence-corrected chi connectivity index (χ2v) is 4.71. The predicted molar refractivity (Wildman–Crippen MR) is 63.3 cm³/mol. The van der Waals surface area contributed by atoms with Gasteiger partial charge in [-0.3, -0.25) is 4.79 Å². The Bertz CT molecular complexity index is 485. The summed E-state index contributed by atoms with van der Waals surface area (Å²) in [5, 5.41) is 18.0. The Morgan fingerprint density at radius 3 is 2.83 bits per heavy atom. The first-order valence-corrected chi connectivity index (χ1v) is 5.81. The van der Waals surface area contributed by atoms with E-state index in [1.54, 1.807) is 24.1 Å². The molecule has 0 radical (unpaired) electrons. The van der Waals surface area contributed by atoms with Crippen LogP contribution in [0.1, 0.15) is 13.8 Å². The molecule has 5 nitrogen and oxygen atoms in total. The minimum atomic E-state index is -1.06. The number of carboxylic acid groups (broad SMARTS) is 1. The van der Waals surface area contributed by atoms with Gasteiger partial charge in [-0.15, -0.1) is 5.73 Å². The van der Waals surface area contributed by atoms with Gasteiger partial charge in [0.1, 0.15) is 0 Å². The molecule has 4 atom stereocenters. The van der Waals surface area contributed by atoms with Crippen molar-refractivity contribution >= 4 is 11.9 Å². The molecular weight excluding hydrogens is 234 g/mol. The molecule has 0 aromatic heterocycles. The highest BCUT2D eigenvalue weighted by Gasteiger charge is 2.54. The van der Waals surface area contributed by atoms with E-state index < -0.39 is 12.1 Å². The Morgan fingerprint density at radius 1 is 1.61 bits per heavy atom. The van der Waals surface area contributed by atoms with Crippen LogP contribution in [0, 0.1) is 11.8 Å². The maximum Gasteiger partial charge on any atom is 0.336 e. The van der Waals surface area contributed by atoms with Crippen molar-refractivity contribution in [2.45, 2.75) is 26.0 Å². The lowest BCUT2D eigenvalue weighted by Gasteiger charge is -2.45. The lowest BCUT2D eigenvalue weighted by Crippen LogP contribution is -2.61. The monoisotopic (exact) mass is 249 g/mol. The van der Waals surface area contributed by atoms with E-state index in [1.165, 1.54) is 0 Å². The van der Waals surface area contributed by atoms with Gasteiger partial charge < -0.3 is 15.1 Å². The molecule has 1 amide bonds. The van der Waals surface area contributed by atoms with Crippen LogP contribution < -0.4 is 0 Å². The molecule has 0 saturated carbocycles. The molecule has 0 bridgehead atoms. The number of hydrogen-bond donors (Lipinski definition) is 2. The Hall–Kier alpha value is -1.84. The second kappa shape index (κ2) is 4.44. The third-order valence-corrected chi connectivity index (χ3v) is 3.53. The quantitative estimate of drug-likeness (QED) is 0.434. The van der Waals surface area contributed by atoms with E-state index in [1.807, 2.05) is 6.92 Å². The first kappa shape index (κ1) is 12.6. The van der Waals surface area contributed by atoms with Crippen molar-refractivity contribution in [1.29, 1.82) is 0 Å². The highest BCUT2D eigenvalue weighted by Crippen LogP contribution is 2.43. The average Bonchev–Trinajstić information content (AvgIpc) is 2.53. The van der Waals surface area contributed by atoms with E-state index in [4.69, 9.17) is 5.11 Å². The fourth-order valence-electron chi connectivity index (χ4n) is 2.60. The van der Waals surface area contributed by atoms with Crippen molar-refractivity contribution in [2.75, 3.05) is 0 Å². The van der Waals surface area contributed by atoms with Crippen LogP contribution in [0.15, 0.2) is 29.7 Å². The minimum absolute atomic E-state index is 0.0182. The van der Waals surface area contributed by atoms with Crippen LogP contribution in [-0.2, 0) is 9.59 Å². The number of β-lactam (4-membered cyclic amide) rings is 1. The molecule has 0 aromatic carbocycles. The number of carbonyl (C=O) groups is 2. The average molecular weight is 249 g/mol. The van der Waals surface area contributed by atoms with Crippen LogP contribution >= 0.6 is 0 Å². The molecular formula is C13H15NO4. The number of nitrogens with zero attached hydrogens (tertiary/aromatic N) is 1. The van der Waals surface area contributed by atoms with E-state index >= 15 is 0 Å². The Balaban J connectivity index is 2.17. The highest BCUT2D eigenvalue weighted by molar-refractivity contribution is 5.89. The van der Waals surface area contributed by atoms with Crippen LogP contribution in [0.2, 0.25) is 0 Å². The first-order chi connectivity index (χ1) is 8.43. The summed E-state index contributed by atoms with van der Waals surface area (Å²) in [6.45, 7) is 3.57. The zero-order valence-electron chi connectivity index (χ0n) is 10.2. The van der Waals surface area contributed by atoms with Gasteiger partial charge in [-0.1, -0.05) is 6.92 Å². The molecule has 96 valence electrons. The Labute approximate surface area is 105 Å². The second-order valence-electron chi connectivity index (χ2n) is 4.71. The molecule has 4 unspecified atom stereocenters. The number of carbonyl (C=O) groups excluding carboxylic acids is 1. The fourth-order valence-corrected chi connectivity index (χ4v) is 2.60. The maximum absolute atomic E-state index is 11.7. The van der Waals surface area contributed by atoms with Crippen LogP contribution in [0.4, 0.5) is 0 Å². The van der Waals surface area contributed by atoms with Gasteiger partial charge in [0.15, 0.2) is 0 Å². The standard InChI is InChI=1S/C13H15NO4/c1-7-9(4-3-5-10(16)17)6-14-12(7)11(8(2)15)13(14)18/h4-8,11-12,15H,1-2H3,(H,16,17). The van der Waals surface area contributed by atoms with Gasteiger partial charge in [-0.25, -0.2) is 4.79 Å². The van der Waals surface area contributed by atoms with E-state index in [-0.39, 0.29) is 23.8 Å². The highest BCUT2D eigenvalue weighted by atomic mass is 16.4. The number of amides is 1. The topological polar surface area (TPSA) is 77.8 Å². The Morgan fingerprint density at radius 2 is 2.28 bits per heavy atom. The molecule has 2 N–H and O–H groups in total. The van der Waals surface area contributed by atoms with Crippen molar-refractivity contribution in [3.63, 3.8) is 0 Å². The fraction of sp³-hybridized carbons (Fsp3) is 0.462.